The number of nitrogens with one attached hydrogen (secondary N) is 1. The summed E-state index contributed by atoms with van der Waals surface area (Å²) in [5.74, 6) is -0.0991. The van der Waals surface area contributed by atoms with Gasteiger partial charge in [-0.3, -0.25) is 4.79 Å². The van der Waals surface area contributed by atoms with Crippen molar-refractivity contribution in [2.75, 3.05) is 6.26 Å². The first-order chi connectivity index (χ1) is 11.5. The average Bonchev–Trinajstić information content (AvgIpc) is 2.91. The van der Waals surface area contributed by atoms with E-state index in [-0.39, 0.29) is 5.91 Å². The highest BCUT2D eigenvalue weighted by Crippen LogP contribution is 2.29. The lowest BCUT2D eigenvalue weighted by atomic mass is 10.1. The highest BCUT2D eigenvalue weighted by Gasteiger charge is 2.23. The van der Waals surface area contributed by atoms with Crippen LogP contribution in [-0.4, -0.2) is 17.3 Å². The maximum atomic E-state index is 12.2. The van der Waals surface area contributed by atoms with Crippen LogP contribution in [0.15, 0.2) is 57.3 Å². The Bertz CT molecular complexity index is 839. The molecule has 0 spiro atoms. The molecule has 0 atom stereocenters. The van der Waals surface area contributed by atoms with E-state index in [0.717, 1.165) is 22.4 Å². The highest BCUT2D eigenvalue weighted by atomic mass is 32.2. The van der Waals surface area contributed by atoms with Crippen LogP contribution in [0.1, 0.15) is 16.7 Å². The number of hydrogen-bond donors (Lipinski definition) is 1. The van der Waals surface area contributed by atoms with Crippen LogP contribution in [0.4, 0.5) is 5.69 Å². The van der Waals surface area contributed by atoms with Crippen molar-refractivity contribution < 1.29 is 4.79 Å². The van der Waals surface area contributed by atoms with Crippen molar-refractivity contribution in [2.45, 2.75) is 18.7 Å². The van der Waals surface area contributed by atoms with E-state index in [2.05, 4.69) is 28.5 Å². The molecule has 1 amide bonds. The lowest BCUT2D eigenvalue weighted by Gasteiger charge is -2.02. The van der Waals surface area contributed by atoms with E-state index in [0.29, 0.717) is 10.1 Å². The molecule has 0 radical (unpaired) electrons. The van der Waals surface area contributed by atoms with Crippen LogP contribution in [0.2, 0.25) is 0 Å². The SMILES string of the molecule is CSc1ccc(/C=C2\SC(=Nc3cc(C)ccc3C)NC2=O)cc1. The maximum Gasteiger partial charge on any atom is 0.264 e. The van der Waals surface area contributed by atoms with Gasteiger partial charge in [0.05, 0.1) is 10.6 Å². The number of amidine groups is 1. The second-order valence-electron chi connectivity index (χ2n) is 5.54. The number of aryl methyl sites for hydroxylation is 2. The molecule has 0 aliphatic carbocycles. The smallest absolute Gasteiger partial charge is 0.264 e. The number of amides is 1. The number of benzene rings is 2. The van der Waals surface area contributed by atoms with Gasteiger partial charge >= 0.3 is 0 Å². The molecule has 1 N–H and O–H groups in total. The number of thioether (sulfide) groups is 2. The average molecular weight is 355 g/mol. The van der Waals surface area contributed by atoms with Crippen LogP contribution in [0.5, 0.6) is 0 Å². The maximum absolute atomic E-state index is 12.2. The molecular formula is C19H18N2OS2. The molecule has 0 saturated carbocycles. The van der Waals surface area contributed by atoms with Gasteiger partial charge in [0, 0.05) is 4.90 Å². The Labute approximate surface area is 150 Å². The van der Waals surface area contributed by atoms with Gasteiger partial charge in [0.2, 0.25) is 0 Å². The summed E-state index contributed by atoms with van der Waals surface area (Å²) in [5, 5.41) is 3.47. The summed E-state index contributed by atoms with van der Waals surface area (Å²) in [6, 6.07) is 14.3. The number of carbonyl (C=O) groups is 1. The van der Waals surface area contributed by atoms with Crippen LogP contribution in [0.3, 0.4) is 0 Å². The van der Waals surface area contributed by atoms with E-state index in [1.165, 1.54) is 16.7 Å². The van der Waals surface area contributed by atoms with Gasteiger partial charge in [-0.2, -0.15) is 0 Å². The van der Waals surface area contributed by atoms with Crippen molar-refractivity contribution in [1.82, 2.24) is 5.32 Å². The molecule has 122 valence electrons. The quantitative estimate of drug-likeness (QED) is 0.628. The molecule has 2 aromatic carbocycles. The van der Waals surface area contributed by atoms with Crippen molar-refractivity contribution in [3.8, 4) is 0 Å². The van der Waals surface area contributed by atoms with E-state index < -0.39 is 0 Å². The Hall–Kier alpha value is -1.98. The Morgan fingerprint density at radius 3 is 2.58 bits per heavy atom. The molecule has 1 heterocycles. The summed E-state index contributed by atoms with van der Waals surface area (Å²) in [6.07, 6.45) is 3.94. The zero-order chi connectivity index (χ0) is 17.1. The molecule has 1 fully saturated rings. The predicted octanol–water partition coefficient (Wildman–Crippen LogP) is 4.92. The molecule has 3 rings (SSSR count). The van der Waals surface area contributed by atoms with Gasteiger partial charge in [0.15, 0.2) is 5.17 Å². The molecule has 0 aromatic heterocycles. The molecule has 1 aliphatic rings. The molecule has 1 aliphatic heterocycles. The minimum atomic E-state index is -0.0991. The minimum absolute atomic E-state index is 0.0991. The minimum Gasteiger partial charge on any atom is -0.300 e. The Morgan fingerprint density at radius 1 is 1.12 bits per heavy atom. The fourth-order valence-corrected chi connectivity index (χ4v) is 3.52. The zero-order valence-corrected chi connectivity index (χ0v) is 15.4. The predicted molar refractivity (Wildman–Crippen MR) is 105 cm³/mol. The van der Waals surface area contributed by atoms with Gasteiger partial charge in [-0.15, -0.1) is 11.8 Å². The number of carbonyl (C=O) groups excluding carboxylic acids is 1. The monoisotopic (exact) mass is 354 g/mol. The summed E-state index contributed by atoms with van der Waals surface area (Å²) in [6.45, 7) is 4.05. The summed E-state index contributed by atoms with van der Waals surface area (Å²) in [7, 11) is 0. The van der Waals surface area contributed by atoms with Gasteiger partial charge in [-0.25, -0.2) is 4.99 Å². The van der Waals surface area contributed by atoms with E-state index in [4.69, 9.17) is 0 Å². The van der Waals surface area contributed by atoms with E-state index in [9.17, 15) is 4.79 Å². The van der Waals surface area contributed by atoms with Crippen LogP contribution >= 0.6 is 23.5 Å². The molecule has 24 heavy (non-hydrogen) atoms. The van der Waals surface area contributed by atoms with Gasteiger partial charge in [0.1, 0.15) is 0 Å². The van der Waals surface area contributed by atoms with E-state index in [1.807, 2.05) is 50.4 Å². The molecule has 5 heteroatoms. The van der Waals surface area contributed by atoms with Crippen LogP contribution in [-0.2, 0) is 4.79 Å². The Kier molecular flexibility index (Phi) is 5.11. The van der Waals surface area contributed by atoms with Crippen LogP contribution in [0, 0.1) is 13.8 Å². The van der Waals surface area contributed by atoms with Crippen molar-refractivity contribution in [2.24, 2.45) is 4.99 Å². The second-order valence-corrected chi connectivity index (χ2v) is 7.46. The van der Waals surface area contributed by atoms with Crippen molar-refractivity contribution in [3.63, 3.8) is 0 Å². The molecule has 2 aromatic rings. The lowest BCUT2D eigenvalue weighted by Crippen LogP contribution is -2.19. The molecule has 0 bridgehead atoms. The van der Waals surface area contributed by atoms with Crippen molar-refractivity contribution >= 4 is 46.4 Å². The Morgan fingerprint density at radius 2 is 1.88 bits per heavy atom. The summed E-state index contributed by atoms with van der Waals surface area (Å²) in [5.41, 5.74) is 4.15. The highest BCUT2D eigenvalue weighted by molar-refractivity contribution is 8.18. The Balaban J connectivity index is 1.83. The number of aliphatic imine (C=N–C) groups is 1. The first kappa shape index (κ1) is 16.9. The first-order valence-electron chi connectivity index (χ1n) is 7.56. The normalized spacial score (nSPS) is 17.5. The summed E-state index contributed by atoms with van der Waals surface area (Å²) >= 11 is 3.08. The fraction of sp³-hybridized carbons (Fsp3) is 0.158. The number of hydrogen-bond acceptors (Lipinski definition) is 4. The largest absolute Gasteiger partial charge is 0.300 e. The van der Waals surface area contributed by atoms with Crippen molar-refractivity contribution in [3.05, 3.63) is 64.1 Å². The first-order valence-corrected chi connectivity index (χ1v) is 9.60. The van der Waals surface area contributed by atoms with Crippen LogP contribution in [0.25, 0.3) is 6.08 Å². The number of rotatable bonds is 3. The molecule has 3 nitrogen and oxygen atoms in total. The van der Waals surface area contributed by atoms with Gasteiger partial charge < -0.3 is 5.32 Å². The molecule has 1 saturated heterocycles. The van der Waals surface area contributed by atoms with E-state index in [1.54, 1.807) is 11.8 Å². The molecular weight excluding hydrogens is 336 g/mol. The lowest BCUT2D eigenvalue weighted by molar-refractivity contribution is -0.115. The number of nitrogens with zero attached hydrogens (tertiary/aromatic N) is 1. The van der Waals surface area contributed by atoms with Gasteiger partial charge in [-0.05, 0) is 72.8 Å². The summed E-state index contributed by atoms with van der Waals surface area (Å²) < 4.78 is 0. The zero-order valence-electron chi connectivity index (χ0n) is 13.8. The van der Waals surface area contributed by atoms with Gasteiger partial charge in [-0.1, -0.05) is 24.3 Å². The summed E-state index contributed by atoms with van der Waals surface area (Å²) in [4.78, 5) is 18.6. The standard InChI is InChI=1S/C19H18N2OS2/c1-12-4-5-13(2)16(10-12)20-19-21-18(22)17(24-19)11-14-6-8-15(23-3)9-7-14/h4-11H,1-3H3,(H,20,21,22)/b17-11-. The third kappa shape index (κ3) is 3.91. The topological polar surface area (TPSA) is 41.5 Å². The van der Waals surface area contributed by atoms with E-state index >= 15 is 0 Å². The third-order valence-corrected chi connectivity index (χ3v) is 5.30. The van der Waals surface area contributed by atoms with Crippen LogP contribution < -0.4 is 5.32 Å². The van der Waals surface area contributed by atoms with Crippen molar-refractivity contribution in [1.29, 1.82) is 0 Å². The molecule has 0 unspecified atom stereocenters. The van der Waals surface area contributed by atoms with Gasteiger partial charge in [0.25, 0.3) is 5.91 Å². The third-order valence-electron chi connectivity index (χ3n) is 3.65. The second kappa shape index (κ2) is 7.28. The fourth-order valence-electron chi connectivity index (χ4n) is 2.28.